The summed E-state index contributed by atoms with van der Waals surface area (Å²) in [6.45, 7) is 2.24. The van der Waals surface area contributed by atoms with Crippen LogP contribution in [0.5, 0.6) is 0 Å². The van der Waals surface area contributed by atoms with E-state index in [1.165, 1.54) is 5.56 Å². The van der Waals surface area contributed by atoms with Crippen LogP contribution < -0.4 is 4.90 Å². The van der Waals surface area contributed by atoms with Gasteiger partial charge in [-0.25, -0.2) is 0 Å². The molecule has 1 aliphatic heterocycles. The molecule has 21 heavy (non-hydrogen) atoms. The first-order valence-electron chi connectivity index (χ1n) is 6.95. The first-order valence-corrected chi connectivity index (χ1v) is 6.95. The summed E-state index contributed by atoms with van der Waals surface area (Å²) in [6, 6.07) is 8.20. The second-order valence-electron chi connectivity index (χ2n) is 5.10. The number of aryl methyl sites for hydroxylation is 1. The fraction of sp³-hybridized carbons (Fsp3) is 0.429. The zero-order chi connectivity index (χ0) is 14.7. The van der Waals surface area contributed by atoms with Crippen molar-refractivity contribution in [3.05, 3.63) is 35.7 Å². The number of fused-ring (bicyclic) bond motifs is 1. The molecule has 1 amide bonds. The molecule has 1 unspecified atom stereocenters. The molecule has 7 nitrogen and oxygen atoms in total. The predicted molar refractivity (Wildman–Crippen MR) is 75.5 cm³/mol. The van der Waals surface area contributed by atoms with Crippen LogP contribution in [-0.2, 0) is 22.6 Å². The average molecular weight is 287 g/mol. The van der Waals surface area contributed by atoms with Crippen LogP contribution in [0.25, 0.3) is 0 Å². The standard InChI is InChI=1S/C14H17N5O2/c1-10-6-7-11-4-2-3-5-12(11)19(10)14(20)9-21-8-13-15-17-18-16-13/h2-5,10H,6-9H2,1H3,(H,15,16,17,18). The van der Waals surface area contributed by atoms with Crippen molar-refractivity contribution >= 4 is 11.6 Å². The molecule has 7 heteroatoms. The molecule has 3 rings (SSSR count). The number of aromatic nitrogens is 4. The lowest BCUT2D eigenvalue weighted by Crippen LogP contribution is -2.44. The third-order valence-corrected chi connectivity index (χ3v) is 3.64. The van der Waals surface area contributed by atoms with E-state index < -0.39 is 0 Å². The number of tetrazole rings is 1. The molecule has 110 valence electrons. The quantitative estimate of drug-likeness (QED) is 0.909. The van der Waals surface area contributed by atoms with Crippen molar-refractivity contribution in [1.82, 2.24) is 20.6 Å². The summed E-state index contributed by atoms with van der Waals surface area (Å²) in [7, 11) is 0. The molecule has 1 aromatic heterocycles. The summed E-state index contributed by atoms with van der Waals surface area (Å²) in [5.41, 5.74) is 2.20. The van der Waals surface area contributed by atoms with Crippen molar-refractivity contribution < 1.29 is 9.53 Å². The van der Waals surface area contributed by atoms with E-state index >= 15 is 0 Å². The number of benzene rings is 1. The van der Waals surface area contributed by atoms with Gasteiger partial charge in [0.1, 0.15) is 13.2 Å². The lowest BCUT2D eigenvalue weighted by atomic mass is 9.96. The van der Waals surface area contributed by atoms with Gasteiger partial charge in [-0.2, -0.15) is 5.21 Å². The smallest absolute Gasteiger partial charge is 0.253 e. The largest absolute Gasteiger partial charge is 0.363 e. The highest BCUT2D eigenvalue weighted by molar-refractivity contribution is 5.96. The summed E-state index contributed by atoms with van der Waals surface area (Å²) in [5, 5.41) is 13.3. The lowest BCUT2D eigenvalue weighted by Gasteiger charge is -2.35. The highest BCUT2D eigenvalue weighted by Gasteiger charge is 2.27. The number of hydrogen-bond acceptors (Lipinski definition) is 5. The van der Waals surface area contributed by atoms with Crippen molar-refractivity contribution in [2.75, 3.05) is 11.5 Å². The van der Waals surface area contributed by atoms with Crippen LogP contribution in [0.3, 0.4) is 0 Å². The summed E-state index contributed by atoms with van der Waals surface area (Å²) >= 11 is 0. The maximum absolute atomic E-state index is 12.4. The number of carbonyl (C=O) groups is 1. The van der Waals surface area contributed by atoms with E-state index in [0.717, 1.165) is 18.5 Å². The Labute approximate surface area is 122 Å². The fourth-order valence-corrected chi connectivity index (χ4v) is 2.61. The number of H-pyrrole nitrogens is 1. The number of nitrogens with one attached hydrogen (secondary N) is 1. The predicted octanol–water partition coefficient (Wildman–Crippen LogP) is 1.08. The van der Waals surface area contributed by atoms with Crippen LogP contribution in [0.4, 0.5) is 5.69 Å². The molecular formula is C14H17N5O2. The molecule has 1 aliphatic rings. The summed E-state index contributed by atoms with van der Waals surface area (Å²) in [5.74, 6) is 0.396. The van der Waals surface area contributed by atoms with Crippen molar-refractivity contribution in [2.24, 2.45) is 0 Å². The highest BCUT2D eigenvalue weighted by Crippen LogP contribution is 2.30. The van der Waals surface area contributed by atoms with E-state index in [1.54, 1.807) is 0 Å². The first-order chi connectivity index (χ1) is 10.3. The second kappa shape index (κ2) is 6.01. The van der Waals surface area contributed by atoms with E-state index in [0.29, 0.717) is 5.82 Å². The van der Waals surface area contributed by atoms with Crippen LogP contribution in [0, 0.1) is 0 Å². The Kier molecular flexibility index (Phi) is 3.92. The molecule has 1 N–H and O–H groups in total. The first kappa shape index (κ1) is 13.7. The van der Waals surface area contributed by atoms with Crippen LogP contribution in [-0.4, -0.2) is 39.2 Å². The molecule has 0 saturated heterocycles. The molecule has 0 radical (unpaired) electrons. The molecule has 0 fully saturated rings. The van der Waals surface area contributed by atoms with Gasteiger partial charge in [0.25, 0.3) is 5.91 Å². The third kappa shape index (κ3) is 2.92. The molecule has 1 aromatic carbocycles. The molecule has 0 aliphatic carbocycles. The summed E-state index contributed by atoms with van der Waals surface area (Å²) in [6.07, 6.45) is 1.97. The minimum absolute atomic E-state index is 0.00716. The number of carbonyl (C=O) groups excluding carboxylic acids is 1. The van der Waals surface area contributed by atoms with Crippen LogP contribution in [0.2, 0.25) is 0 Å². The highest BCUT2D eigenvalue weighted by atomic mass is 16.5. The van der Waals surface area contributed by atoms with E-state index in [1.807, 2.05) is 23.1 Å². The Hall–Kier alpha value is -2.28. The van der Waals surface area contributed by atoms with Crippen LogP contribution in [0.15, 0.2) is 24.3 Å². The van der Waals surface area contributed by atoms with Crippen LogP contribution >= 0.6 is 0 Å². The van der Waals surface area contributed by atoms with Gasteiger partial charge in [0.05, 0.1) is 0 Å². The number of rotatable bonds is 4. The fourth-order valence-electron chi connectivity index (χ4n) is 2.61. The van der Waals surface area contributed by atoms with Crippen molar-refractivity contribution in [2.45, 2.75) is 32.4 Å². The van der Waals surface area contributed by atoms with Crippen LogP contribution in [0.1, 0.15) is 24.7 Å². The van der Waals surface area contributed by atoms with Gasteiger partial charge < -0.3 is 9.64 Å². The van der Waals surface area contributed by atoms with Gasteiger partial charge in [-0.3, -0.25) is 4.79 Å². The van der Waals surface area contributed by atoms with Gasteiger partial charge in [-0.1, -0.05) is 23.4 Å². The van der Waals surface area contributed by atoms with Gasteiger partial charge in [-0.15, -0.1) is 10.2 Å². The molecule has 2 aromatic rings. The number of hydrogen-bond donors (Lipinski definition) is 1. The topological polar surface area (TPSA) is 84.0 Å². The molecular weight excluding hydrogens is 270 g/mol. The molecule has 2 heterocycles. The average Bonchev–Trinajstić information content (AvgIpc) is 3.00. The number of amides is 1. The van der Waals surface area contributed by atoms with E-state index in [-0.39, 0.29) is 25.2 Å². The van der Waals surface area contributed by atoms with Gasteiger partial charge in [-0.05, 0) is 31.4 Å². The van der Waals surface area contributed by atoms with E-state index in [2.05, 4.69) is 33.6 Å². The maximum atomic E-state index is 12.4. The van der Waals surface area contributed by atoms with Crippen molar-refractivity contribution in [3.63, 3.8) is 0 Å². The number of nitrogens with zero attached hydrogens (tertiary/aromatic N) is 4. The monoisotopic (exact) mass is 287 g/mol. The molecule has 0 spiro atoms. The zero-order valence-corrected chi connectivity index (χ0v) is 11.8. The van der Waals surface area contributed by atoms with Gasteiger partial charge in [0.15, 0.2) is 5.82 Å². The second-order valence-corrected chi connectivity index (χ2v) is 5.10. The van der Waals surface area contributed by atoms with E-state index in [9.17, 15) is 4.79 Å². The number of ether oxygens (including phenoxy) is 1. The Bertz CT molecular complexity index is 614. The van der Waals surface area contributed by atoms with Gasteiger partial charge >= 0.3 is 0 Å². The normalized spacial score (nSPS) is 17.6. The van der Waals surface area contributed by atoms with E-state index in [4.69, 9.17) is 4.74 Å². The minimum atomic E-state index is -0.0434. The molecule has 1 atom stereocenters. The number of aromatic amines is 1. The molecule has 0 bridgehead atoms. The Morgan fingerprint density at radius 2 is 2.33 bits per heavy atom. The number of para-hydroxylation sites is 1. The Morgan fingerprint density at radius 1 is 1.48 bits per heavy atom. The zero-order valence-electron chi connectivity index (χ0n) is 11.8. The lowest BCUT2D eigenvalue weighted by molar-refractivity contribution is -0.124. The van der Waals surface area contributed by atoms with Gasteiger partial charge in [0, 0.05) is 11.7 Å². The summed E-state index contributed by atoms with van der Waals surface area (Å²) < 4.78 is 5.38. The summed E-state index contributed by atoms with van der Waals surface area (Å²) in [4.78, 5) is 14.3. The van der Waals surface area contributed by atoms with Crippen molar-refractivity contribution in [3.8, 4) is 0 Å². The molecule has 0 saturated carbocycles. The third-order valence-electron chi connectivity index (χ3n) is 3.64. The Balaban J connectivity index is 1.66. The Morgan fingerprint density at radius 3 is 3.14 bits per heavy atom. The van der Waals surface area contributed by atoms with Gasteiger partial charge in [0.2, 0.25) is 0 Å². The SMILES string of the molecule is CC1CCc2ccccc2N1C(=O)COCc1nn[nH]n1. The minimum Gasteiger partial charge on any atom is -0.363 e. The van der Waals surface area contributed by atoms with Crippen molar-refractivity contribution in [1.29, 1.82) is 0 Å². The number of anilines is 1. The maximum Gasteiger partial charge on any atom is 0.253 e.